The van der Waals surface area contributed by atoms with Crippen LogP contribution in [0, 0.1) is 0 Å². The predicted octanol–water partition coefficient (Wildman–Crippen LogP) is 11.0. The van der Waals surface area contributed by atoms with Crippen LogP contribution in [0.3, 0.4) is 0 Å². The van der Waals surface area contributed by atoms with E-state index in [4.69, 9.17) is 24.3 Å². The quantitative estimate of drug-likeness (QED) is 0.0238. The molecule has 0 aliphatic heterocycles. The minimum atomic E-state index is -4.41. The van der Waals surface area contributed by atoms with Gasteiger partial charge in [-0.2, -0.15) is 0 Å². The van der Waals surface area contributed by atoms with Crippen LogP contribution in [0.2, 0.25) is 0 Å². The predicted molar refractivity (Wildman–Crippen MR) is 230 cm³/mol. The fourth-order valence-corrected chi connectivity index (χ4v) is 5.86. The Morgan fingerprint density at radius 2 is 1.07 bits per heavy atom. The van der Waals surface area contributed by atoms with Gasteiger partial charge in [-0.1, -0.05) is 131 Å². The van der Waals surface area contributed by atoms with Crippen LogP contribution in [-0.2, 0) is 32.7 Å². The second kappa shape index (κ2) is 40.4. The van der Waals surface area contributed by atoms with E-state index < -0.39 is 32.5 Å². The zero-order valence-electron chi connectivity index (χ0n) is 34.7. The molecule has 4 N–H and O–H groups in total. The Morgan fingerprint density at radius 3 is 1.59 bits per heavy atom. The molecule has 0 aromatic heterocycles. The van der Waals surface area contributed by atoms with E-state index >= 15 is 0 Å². The van der Waals surface area contributed by atoms with E-state index in [1.54, 1.807) is 0 Å². The van der Waals surface area contributed by atoms with Gasteiger partial charge in [0.15, 0.2) is 6.10 Å². The third-order valence-electron chi connectivity index (χ3n) is 8.42. The zero-order valence-corrected chi connectivity index (χ0v) is 35.6. The summed E-state index contributed by atoms with van der Waals surface area (Å²) in [7, 11) is -4.41. The molecule has 0 radical (unpaired) electrons. The van der Waals surface area contributed by atoms with Gasteiger partial charge < -0.3 is 25.2 Å². The summed E-state index contributed by atoms with van der Waals surface area (Å²) in [6.07, 6.45) is 47.1. The minimum Gasteiger partial charge on any atom is -0.462 e. The number of allylic oxidation sites excluding steroid dienone is 14. The number of aliphatic hydroxyl groups excluding tert-OH is 1. The fourth-order valence-electron chi connectivity index (χ4n) is 5.09. The number of hydrogen-bond acceptors (Lipinski definition) is 9. The van der Waals surface area contributed by atoms with E-state index in [9.17, 15) is 24.2 Å². The third-order valence-corrected chi connectivity index (χ3v) is 9.40. The van der Waals surface area contributed by atoms with Gasteiger partial charge in [-0.3, -0.25) is 18.6 Å². The van der Waals surface area contributed by atoms with Gasteiger partial charge >= 0.3 is 19.8 Å². The molecular weight excluding hydrogens is 729 g/mol. The summed E-state index contributed by atoms with van der Waals surface area (Å²) in [5.41, 5.74) is 5.33. The average Bonchev–Trinajstić information content (AvgIpc) is 3.18. The molecule has 0 aliphatic carbocycles. The number of phosphoric acid groups is 1. The minimum absolute atomic E-state index is 0.0281. The maximum Gasteiger partial charge on any atom is 0.472 e. The molecule has 10 nitrogen and oxygen atoms in total. The third kappa shape index (κ3) is 39.4. The van der Waals surface area contributed by atoms with Crippen LogP contribution < -0.4 is 5.73 Å². The number of nitrogens with two attached hydrogens (primary N) is 1. The summed E-state index contributed by atoms with van der Waals surface area (Å²) in [5, 5.41) is 9.55. The highest BCUT2D eigenvalue weighted by atomic mass is 31.2. The Kier molecular flexibility index (Phi) is 38.3. The van der Waals surface area contributed by atoms with Crippen molar-refractivity contribution < 1.29 is 42.7 Å². The number of esters is 2. The molecule has 1 unspecified atom stereocenters. The Labute approximate surface area is 339 Å². The van der Waals surface area contributed by atoms with E-state index in [0.29, 0.717) is 19.3 Å². The first kappa shape index (κ1) is 53.1. The van der Waals surface area contributed by atoms with Crippen LogP contribution in [0.5, 0.6) is 0 Å². The summed E-state index contributed by atoms with van der Waals surface area (Å²) in [4.78, 5) is 34.8. The lowest BCUT2D eigenvalue weighted by Crippen LogP contribution is -2.29. The molecule has 0 spiro atoms. The molecule has 0 aromatic carbocycles. The number of phosphoric ester groups is 1. The zero-order chi connectivity index (χ0) is 41.2. The van der Waals surface area contributed by atoms with Crippen molar-refractivity contribution in [3.63, 3.8) is 0 Å². The van der Waals surface area contributed by atoms with E-state index in [1.165, 1.54) is 38.5 Å². The van der Waals surface area contributed by atoms with E-state index in [1.807, 2.05) is 25.2 Å². The van der Waals surface area contributed by atoms with Gasteiger partial charge in [0.25, 0.3) is 0 Å². The first-order valence-electron chi connectivity index (χ1n) is 21.1. The number of aliphatic hydroxyl groups is 1. The van der Waals surface area contributed by atoms with Crippen molar-refractivity contribution in [1.29, 1.82) is 0 Å². The Balaban J connectivity index is 4.38. The van der Waals surface area contributed by atoms with Crippen LogP contribution in [-0.4, -0.2) is 60.5 Å². The Morgan fingerprint density at radius 1 is 0.607 bits per heavy atom. The summed E-state index contributed by atoms with van der Waals surface area (Å²) in [5.74, 6) is -0.983. The van der Waals surface area contributed by atoms with Crippen molar-refractivity contribution >= 4 is 19.8 Å². The maximum absolute atomic E-state index is 12.5. The lowest BCUT2D eigenvalue weighted by Gasteiger charge is -2.19. The maximum atomic E-state index is 12.5. The molecule has 0 rings (SSSR count). The van der Waals surface area contributed by atoms with Crippen molar-refractivity contribution in [1.82, 2.24) is 0 Å². The summed E-state index contributed by atoms with van der Waals surface area (Å²) in [6, 6.07) is 0. The van der Waals surface area contributed by atoms with Gasteiger partial charge in [-0.15, -0.1) is 0 Å². The van der Waals surface area contributed by atoms with Gasteiger partial charge in [0.2, 0.25) is 0 Å². The SMILES string of the molecule is CCCCCCCC/C=C\C/C=C\C/C=C\CCCC(=O)OC[C@H](COP(=O)(O)OCCN)OC(=O)CCC/C=C\C/C=C\C/C=C\C/C=C\CC[C@H](O)CC. The molecule has 0 aliphatic rings. The first-order chi connectivity index (χ1) is 27.2. The Bertz CT molecular complexity index is 1210. The van der Waals surface area contributed by atoms with Crippen LogP contribution in [0.4, 0.5) is 0 Å². The first-order valence-corrected chi connectivity index (χ1v) is 22.6. The fraction of sp³-hybridized carbons (Fsp3) is 0.644. The van der Waals surface area contributed by atoms with Gasteiger partial charge in [-0.05, 0) is 89.9 Å². The summed E-state index contributed by atoms with van der Waals surface area (Å²) in [6.45, 7) is 3.29. The lowest BCUT2D eigenvalue weighted by atomic mass is 10.1. The van der Waals surface area contributed by atoms with Gasteiger partial charge in [0, 0.05) is 19.4 Å². The smallest absolute Gasteiger partial charge is 0.462 e. The number of unbranched alkanes of at least 4 members (excludes halogenated alkanes) is 8. The second-order valence-corrected chi connectivity index (χ2v) is 15.1. The highest BCUT2D eigenvalue weighted by molar-refractivity contribution is 7.47. The molecule has 0 saturated heterocycles. The number of carbonyl (C=O) groups excluding carboxylic acids is 2. The van der Waals surface area contributed by atoms with Crippen LogP contribution in [0.1, 0.15) is 149 Å². The molecule has 0 bridgehead atoms. The van der Waals surface area contributed by atoms with Crippen LogP contribution >= 0.6 is 7.82 Å². The van der Waals surface area contributed by atoms with Crippen LogP contribution in [0.15, 0.2) is 85.1 Å². The van der Waals surface area contributed by atoms with E-state index in [0.717, 1.165) is 64.2 Å². The van der Waals surface area contributed by atoms with Gasteiger partial charge in [0.1, 0.15) is 6.61 Å². The summed E-state index contributed by atoms with van der Waals surface area (Å²) < 4.78 is 32.6. The molecule has 0 saturated carbocycles. The molecule has 56 heavy (non-hydrogen) atoms. The Hall–Kier alpha value is -2.85. The standard InChI is InChI=1S/C45H76NO9P/c1-3-5-6-7-8-9-10-11-12-13-14-18-21-24-27-30-33-36-44(48)52-40-43(41-54-56(50,51)53-39-38-46)55-45(49)37-34-31-28-25-22-19-16-15-17-20-23-26-29-32-35-42(47)4-2/h11-12,14,16-20,24-29,42-43,47H,3-10,13,15,21-23,30-41,46H2,1-2H3,(H,50,51)/b12-11-,18-14-,19-16-,20-17-,27-24-,28-25-,29-26-/t42-,43-/m1/s1. The molecule has 11 heteroatoms. The van der Waals surface area contributed by atoms with Crippen molar-refractivity contribution in [2.24, 2.45) is 5.73 Å². The molecule has 0 heterocycles. The normalized spacial score (nSPS) is 14.7. The summed E-state index contributed by atoms with van der Waals surface area (Å²) >= 11 is 0. The highest BCUT2D eigenvalue weighted by Gasteiger charge is 2.25. The van der Waals surface area contributed by atoms with E-state index in [2.05, 4.69) is 73.8 Å². The monoisotopic (exact) mass is 806 g/mol. The van der Waals surface area contributed by atoms with Crippen molar-refractivity contribution in [3.8, 4) is 0 Å². The van der Waals surface area contributed by atoms with Crippen molar-refractivity contribution in [3.05, 3.63) is 85.1 Å². The molecule has 0 fully saturated rings. The number of hydrogen-bond donors (Lipinski definition) is 3. The van der Waals surface area contributed by atoms with Gasteiger partial charge in [-0.25, -0.2) is 4.57 Å². The van der Waals surface area contributed by atoms with Crippen molar-refractivity contribution in [2.75, 3.05) is 26.4 Å². The topological polar surface area (TPSA) is 155 Å². The largest absolute Gasteiger partial charge is 0.472 e. The molecule has 0 amide bonds. The second-order valence-electron chi connectivity index (χ2n) is 13.6. The van der Waals surface area contributed by atoms with Gasteiger partial charge in [0.05, 0.1) is 19.3 Å². The average molecular weight is 806 g/mol. The number of rotatable bonds is 38. The molecule has 0 aromatic rings. The van der Waals surface area contributed by atoms with Crippen LogP contribution in [0.25, 0.3) is 0 Å². The molecule has 320 valence electrons. The number of ether oxygens (including phenoxy) is 2. The molecule has 3 atom stereocenters. The van der Waals surface area contributed by atoms with Crippen molar-refractivity contribution in [2.45, 2.75) is 161 Å². The number of carbonyl (C=O) groups is 2. The van der Waals surface area contributed by atoms with E-state index in [-0.39, 0.29) is 38.7 Å². The molecular formula is C45H76NO9P. The highest BCUT2D eigenvalue weighted by Crippen LogP contribution is 2.43. The lowest BCUT2D eigenvalue weighted by molar-refractivity contribution is -0.161.